The van der Waals surface area contributed by atoms with Gasteiger partial charge in [0.15, 0.2) is 5.13 Å². The normalized spacial score (nSPS) is 14.6. The highest BCUT2D eigenvalue weighted by atomic mass is 32.1. The number of hydrogen-bond acceptors (Lipinski definition) is 5. The van der Waals surface area contributed by atoms with E-state index >= 15 is 0 Å². The Kier molecular flexibility index (Phi) is 5.25. The number of ether oxygens (including phenoxy) is 1. The number of fused-ring (bicyclic) bond motifs is 1. The molecule has 2 heterocycles. The summed E-state index contributed by atoms with van der Waals surface area (Å²) in [5.41, 5.74) is 2.13. The van der Waals surface area contributed by atoms with Crippen molar-refractivity contribution >= 4 is 32.6 Å². The fourth-order valence-electron chi connectivity index (χ4n) is 3.41. The van der Waals surface area contributed by atoms with Crippen LogP contribution in [0.2, 0.25) is 0 Å². The molecule has 0 atom stereocenters. The van der Waals surface area contributed by atoms with E-state index in [9.17, 15) is 4.79 Å². The minimum absolute atomic E-state index is 0.240. The lowest BCUT2D eigenvalue weighted by atomic mass is 10.1. The van der Waals surface area contributed by atoms with Gasteiger partial charge in [-0.15, -0.1) is 0 Å². The smallest absolute Gasteiger partial charge is 0.223 e. The van der Waals surface area contributed by atoms with Gasteiger partial charge in [0.2, 0.25) is 5.91 Å². The van der Waals surface area contributed by atoms with E-state index in [1.807, 2.05) is 35.2 Å². The molecule has 0 radical (unpaired) electrons. The van der Waals surface area contributed by atoms with Crippen LogP contribution in [-0.2, 0) is 11.2 Å². The maximum absolute atomic E-state index is 12.5. The van der Waals surface area contributed by atoms with E-state index in [1.54, 1.807) is 18.4 Å². The number of carbonyl (C=O) groups excluding carboxylic acids is 1. The highest BCUT2D eigenvalue weighted by Crippen LogP contribution is 2.34. The maximum atomic E-state index is 12.5. The van der Waals surface area contributed by atoms with E-state index in [2.05, 4.69) is 23.1 Å². The topological polar surface area (TPSA) is 45.7 Å². The summed E-state index contributed by atoms with van der Waals surface area (Å²) in [4.78, 5) is 21.5. The molecule has 0 unspecified atom stereocenters. The number of methoxy groups -OCH3 is 1. The molecule has 1 aliphatic heterocycles. The molecule has 1 aliphatic rings. The minimum atomic E-state index is 0.240. The van der Waals surface area contributed by atoms with E-state index in [4.69, 9.17) is 9.72 Å². The molecule has 2 aromatic carbocycles. The molecule has 27 heavy (non-hydrogen) atoms. The molecule has 5 nitrogen and oxygen atoms in total. The lowest BCUT2D eigenvalue weighted by Gasteiger charge is -2.34. The van der Waals surface area contributed by atoms with Gasteiger partial charge in [0.25, 0.3) is 0 Å². The zero-order valence-corrected chi connectivity index (χ0v) is 16.2. The predicted molar refractivity (Wildman–Crippen MR) is 110 cm³/mol. The molecule has 140 valence electrons. The maximum Gasteiger partial charge on any atom is 0.223 e. The van der Waals surface area contributed by atoms with Crippen molar-refractivity contribution in [1.29, 1.82) is 0 Å². The second-order valence-electron chi connectivity index (χ2n) is 6.66. The van der Waals surface area contributed by atoms with Crippen LogP contribution < -0.4 is 9.64 Å². The van der Waals surface area contributed by atoms with Gasteiger partial charge in [-0.25, -0.2) is 4.98 Å². The summed E-state index contributed by atoms with van der Waals surface area (Å²) >= 11 is 1.68. The molecule has 1 amide bonds. The Labute approximate surface area is 163 Å². The first-order chi connectivity index (χ1) is 13.2. The fraction of sp³-hybridized carbons (Fsp3) is 0.333. The number of para-hydroxylation sites is 1. The van der Waals surface area contributed by atoms with Crippen molar-refractivity contribution < 1.29 is 9.53 Å². The average Bonchev–Trinajstić information content (AvgIpc) is 3.17. The molecule has 4 rings (SSSR count). The van der Waals surface area contributed by atoms with Crippen molar-refractivity contribution in [2.45, 2.75) is 12.8 Å². The largest absolute Gasteiger partial charge is 0.494 e. The van der Waals surface area contributed by atoms with Gasteiger partial charge >= 0.3 is 0 Å². The predicted octanol–water partition coefficient (Wildman–Crippen LogP) is 3.59. The molecule has 0 spiro atoms. The summed E-state index contributed by atoms with van der Waals surface area (Å²) in [6.45, 7) is 3.14. The minimum Gasteiger partial charge on any atom is -0.494 e. The van der Waals surface area contributed by atoms with Crippen molar-refractivity contribution in [1.82, 2.24) is 9.88 Å². The lowest BCUT2D eigenvalue weighted by Crippen LogP contribution is -2.48. The highest BCUT2D eigenvalue weighted by molar-refractivity contribution is 7.22. The zero-order chi connectivity index (χ0) is 18.6. The third-order valence-corrected chi connectivity index (χ3v) is 6.05. The molecular formula is C21H23N3O2S. The number of amides is 1. The summed E-state index contributed by atoms with van der Waals surface area (Å²) in [5.74, 6) is 1.05. The molecular weight excluding hydrogens is 358 g/mol. The van der Waals surface area contributed by atoms with Crippen LogP contribution in [0.5, 0.6) is 5.75 Å². The van der Waals surface area contributed by atoms with Gasteiger partial charge in [-0.05, 0) is 24.1 Å². The van der Waals surface area contributed by atoms with Crippen molar-refractivity contribution in [2.75, 3.05) is 38.2 Å². The van der Waals surface area contributed by atoms with Crippen LogP contribution in [0.1, 0.15) is 12.0 Å². The van der Waals surface area contributed by atoms with Crippen LogP contribution in [0, 0.1) is 0 Å². The Morgan fingerprint density at radius 2 is 1.85 bits per heavy atom. The number of rotatable bonds is 5. The molecule has 1 saturated heterocycles. The number of benzene rings is 2. The molecule has 3 aromatic rings. The van der Waals surface area contributed by atoms with Crippen molar-refractivity contribution in [2.24, 2.45) is 0 Å². The summed E-state index contributed by atoms with van der Waals surface area (Å²) < 4.78 is 6.54. The quantitative estimate of drug-likeness (QED) is 0.678. The van der Waals surface area contributed by atoms with Crippen molar-refractivity contribution in [3.8, 4) is 5.75 Å². The standard InChI is InChI=1S/C21H23N3O2S/c1-26-17-8-5-9-18-20(17)22-21(27-18)24-14-12-23(13-15-24)19(25)11-10-16-6-3-2-4-7-16/h2-9H,10-15H2,1H3. The molecule has 1 aromatic heterocycles. The fourth-order valence-corrected chi connectivity index (χ4v) is 4.45. The number of aryl methyl sites for hydroxylation is 1. The number of piperazine rings is 1. The summed E-state index contributed by atoms with van der Waals surface area (Å²) in [5, 5.41) is 1.01. The van der Waals surface area contributed by atoms with Crippen molar-refractivity contribution in [3.05, 3.63) is 54.1 Å². The van der Waals surface area contributed by atoms with E-state index < -0.39 is 0 Å². The molecule has 1 fully saturated rings. The number of aromatic nitrogens is 1. The first kappa shape index (κ1) is 17.8. The SMILES string of the molecule is COc1cccc2sc(N3CCN(C(=O)CCc4ccccc4)CC3)nc12. The van der Waals surface area contributed by atoms with Gasteiger partial charge in [-0.1, -0.05) is 47.7 Å². The third kappa shape index (κ3) is 3.90. The summed E-state index contributed by atoms with van der Waals surface area (Å²) in [6, 6.07) is 16.2. The molecule has 6 heteroatoms. The van der Waals surface area contributed by atoms with E-state index in [0.717, 1.165) is 53.7 Å². The van der Waals surface area contributed by atoms with Crippen LogP contribution in [0.25, 0.3) is 10.2 Å². The van der Waals surface area contributed by atoms with Crippen LogP contribution in [0.3, 0.4) is 0 Å². The van der Waals surface area contributed by atoms with E-state index in [1.165, 1.54) is 5.56 Å². The molecule has 0 aliphatic carbocycles. The Morgan fingerprint density at radius 1 is 1.07 bits per heavy atom. The number of hydrogen-bond donors (Lipinski definition) is 0. The van der Waals surface area contributed by atoms with Gasteiger partial charge in [0.1, 0.15) is 11.3 Å². The summed E-state index contributed by atoms with van der Waals surface area (Å²) in [7, 11) is 1.67. The highest BCUT2D eigenvalue weighted by Gasteiger charge is 2.23. The Hall–Kier alpha value is -2.60. The first-order valence-corrected chi connectivity index (χ1v) is 10.1. The monoisotopic (exact) mass is 381 g/mol. The first-order valence-electron chi connectivity index (χ1n) is 9.25. The Morgan fingerprint density at radius 3 is 2.59 bits per heavy atom. The van der Waals surface area contributed by atoms with E-state index in [0.29, 0.717) is 6.42 Å². The lowest BCUT2D eigenvalue weighted by molar-refractivity contribution is -0.131. The average molecular weight is 382 g/mol. The third-order valence-electron chi connectivity index (χ3n) is 4.96. The number of anilines is 1. The number of carbonyl (C=O) groups is 1. The van der Waals surface area contributed by atoms with Gasteiger partial charge in [0.05, 0.1) is 11.8 Å². The van der Waals surface area contributed by atoms with Crippen LogP contribution in [-0.4, -0.2) is 49.1 Å². The van der Waals surface area contributed by atoms with Gasteiger partial charge in [-0.3, -0.25) is 4.79 Å². The molecule has 0 N–H and O–H groups in total. The molecule has 0 bridgehead atoms. The second kappa shape index (κ2) is 7.96. The molecule has 0 saturated carbocycles. The number of nitrogens with zero attached hydrogens (tertiary/aromatic N) is 3. The van der Waals surface area contributed by atoms with Crippen LogP contribution in [0.15, 0.2) is 48.5 Å². The zero-order valence-electron chi connectivity index (χ0n) is 15.4. The van der Waals surface area contributed by atoms with Gasteiger partial charge in [-0.2, -0.15) is 0 Å². The Bertz CT molecular complexity index is 918. The van der Waals surface area contributed by atoms with Crippen molar-refractivity contribution in [3.63, 3.8) is 0 Å². The Balaban J connectivity index is 1.35. The summed E-state index contributed by atoms with van der Waals surface area (Å²) in [6.07, 6.45) is 1.37. The van der Waals surface area contributed by atoms with E-state index in [-0.39, 0.29) is 5.91 Å². The van der Waals surface area contributed by atoms with Gasteiger partial charge < -0.3 is 14.5 Å². The van der Waals surface area contributed by atoms with Crippen LogP contribution in [0.4, 0.5) is 5.13 Å². The second-order valence-corrected chi connectivity index (χ2v) is 7.67. The van der Waals surface area contributed by atoms with Crippen LogP contribution >= 0.6 is 11.3 Å². The van der Waals surface area contributed by atoms with Gasteiger partial charge in [0, 0.05) is 32.6 Å². The number of thiazole rings is 1.